The molecule has 0 radical (unpaired) electrons. The van der Waals surface area contributed by atoms with Gasteiger partial charge in [0.05, 0.1) is 11.7 Å². The summed E-state index contributed by atoms with van der Waals surface area (Å²) in [6.45, 7) is 0. The van der Waals surface area contributed by atoms with Gasteiger partial charge in [-0.1, -0.05) is 15.9 Å². The summed E-state index contributed by atoms with van der Waals surface area (Å²) in [7, 11) is 0. The van der Waals surface area contributed by atoms with Crippen LogP contribution in [0.15, 0.2) is 12.1 Å². The van der Waals surface area contributed by atoms with E-state index in [1.165, 1.54) is 0 Å². The highest BCUT2D eigenvalue weighted by atomic mass is 79.9. The first-order valence-corrected chi connectivity index (χ1v) is 5.66. The van der Waals surface area contributed by atoms with Crippen LogP contribution in [-0.4, -0.2) is 21.6 Å². The van der Waals surface area contributed by atoms with E-state index >= 15 is 0 Å². The van der Waals surface area contributed by atoms with Gasteiger partial charge < -0.3 is 10.2 Å². The second-order valence-corrected chi connectivity index (χ2v) is 4.07. The van der Waals surface area contributed by atoms with E-state index < -0.39 is 35.2 Å². The first kappa shape index (κ1) is 13.5. The third-order valence-corrected chi connectivity index (χ3v) is 2.57. The Kier molecular flexibility index (Phi) is 4.76. The van der Waals surface area contributed by atoms with Gasteiger partial charge in [0.2, 0.25) is 0 Å². The van der Waals surface area contributed by atoms with E-state index in [-0.39, 0.29) is 6.42 Å². The second kappa shape index (κ2) is 5.65. The predicted molar refractivity (Wildman–Crippen MR) is 55.7 cm³/mol. The summed E-state index contributed by atoms with van der Waals surface area (Å²) in [6.07, 6.45) is -2.90. The van der Waals surface area contributed by atoms with E-state index in [2.05, 4.69) is 15.9 Å². The lowest BCUT2D eigenvalue weighted by Crippen LogP contribution is -2.21. The molecule has 0 saturated heterocycles. The zero-order valence-corrected chi connectivity index (χ0v) is 9.72. The van der Waals surface area contributed by atoms with E-state index in [0.29, 0.717) is 17.5 Å². The summed E-state index contributed by atoms with van der Waals surface area (Å²) in [5.41, 5.74) is -0.713. The van der Waals surface area contributed by atoms with Crippen molar-refractivity contribution >= 4 is 15.9 Å². The number of benzene rings is 1. The first-order chi connectivity index (χ1) is 7.47. The van der Waals surface area contributed by atoms with Crippen LogP contribution in [0, 0.1) is 17.5 Å². The maximum Gasteiger partial charge on any atom is 0.134 e. The summed E-state index contributed by atoms with van der Waals surface area (Å²) >= 11 is 3.02. The van der Waals surface area contributed by atoms with E-state index in [1.807, 2.05) is 0 Å². The molecule has 0 aliphatic carbocycles. The van der Waals surface area contributed by atoms with Crippen molar-refractivity contribution in [3.63, 3.8) is 0 Å². The number of hydrogen-bond donors (Lipinski definition) is 2. The standard InChI is InChI=1S/C10H10BrF3O2/c11-2-1-8(15)10(16)9-6(13)3-5(12)4-7(9)14/h3-4,8,10,15-16H,1-2H2. The Morgan fingerprint density at radius 3 is 2.06 bits per heavy atom. The lowest BCUT2D eigenvalue weighted by atomic mass is 10.0. The van der Waals surface area contributed by atoms with E-state index in [4.69, 9.17) is 0 Å². The molecule has 0 aliphatic heterocycles. The van der Waals surface area contributed by atoms with Gasteiger partial charge in [0.15, 0.2) is 0 Å². The van der Waals surface area contributed by atoms with Crippen molar-refractivity contribution in [1.29, 1.82) is 0 Å². The van der Waals surface area contributed by atoms with Gasteiger partial charge in [0.1, 0.15) is 23.6 Å². The van der Waals surface area contributed by atoms with Crippen LogP contribution < -0.4 is 0 Å². The third-order valence-electron chi connectivity index (χ3n) is 2.11. The number of rotatable bonds is 4. The van der Waals surface area contributed by atoms with Crippen LogP contribution in [-0.2, 0) is 0 Å². The van der Waals surface area contributed by atoms with Crippen molar-refractivity contribution < 1.29 is 23.4 Å². The van der Waals surface area contributed by atoms with Crippen LogP contribution >= 0.6 is 15.9 Å². The molecule has 0 heterocycles. The summed E-state index contributed by atoms with van der Waals surface area (Å²) < 4.78 is 39.0. The van der Waals surface area contributed by atoms with Crippen LogP contribution in [0.2, 0.25) is 0 Å². The van der Waals surface area contributed by atoms with Crippen molar-refractivity contribution in [1.82, 2.24) is 0 Å². The van der Waals surface area contributed by atoms with E-state index in [0.717, 1.165) is 0 Å². The molecule has 16 heavy (non-hydrogen) atoms. The normalized spacial score (nSPS) is 14.9. The first-order valence-electron chi connectivity index (χ1n) is 4.54. The Bertz CT molecular complexity index is 350. The Morgan fingerprint density at radius 1 is 1.12 bits per heavy atom. The van der Waals surface area contributed by atoms with Crippen molar-refractivity contribution in [2.75, 3.05) is 5.33 Å². The molecule has 1 aromatic rings. The van der Waals surface area contributed by atoms with Gasteiger partial charge in [-0.05, 0) is 6.42 Å². The zero-order chi connectivity index (χ0) is 12.3. The molecule has 0 saturated carbocycles. The van der Waals surface area contributed by atoms with Gasteiger partial charge in [-0.15, -0.1) is 0 Å². The molecule has 2 atom stereocenters. The summed E-state index contributed by atoms with van der Waals surface area (Å²) in [5.74, 6) is -3.49. The molecule has 0 bridgehead atoms. The maximum atomic E-state index is 13.2. The fourth-order valence-electron chi connectivity index (χ4n) is 1.30. The fraction of sp³-hybridized carbons (Fsp3) is 0.400. The van der Waals surface area contributed by atoms with Crippen LogP contribution in [0.25, 0.3) is 0 Å². The fourth-order valence-corrected chi connectivity index (χ4v) is 1.77. The van der Waals surface area contributed by atoms with Crippen LogP contribution in [0.3, 0.4) is 0 Å². The van der Waals surface area contributed by atoms with Crippen molar-refractivity contribution in [3.05, 3.63) is 35.1 Å². The van der Waals surface area contributed by atoms with Gasteiger partial charge in [-0.2, -0.15) is 0 Å². The highest BCUT2D eigenvalue weighted by Gasteiger charge is 2.25. The molecule has 90 valence electrons. The summed E-state index contributed by atoms with van der Waals surface area (Å²) in [6, 6.07) is 0.922. The van der Waals surface area contributed by atoms with Crippen molar-refractivity contribution in [2.45, 2.75) is 18.6 Å². The highest BCUT2D eigenvalue weighted by molar-refractivity contribution is 9.09. The minimum absolute atomic E-state index is 0.122. The molecule has 0 fully saturated rings. The smallest absolute Gasteiger partial charge is 0.134 e. The third kappa shape index (κ3) is 2.96. The molecule has 2 N–H and O–H groups in total. The SMILES string of the molecule is OC(CCBr)C(O)c1c(F)cc(F)cc1F. The van der Waals surface area contributed by atoms with E-state index in [9.17, 15) is 23.4 Å². The molecule has 0 amide bonds. The van der Waals surface area contributed by atoms with Gasteiger partial charge in [-0.25, -0.2) is 13.2 Å². The summed E-state index contributed by atoms with van der Waals surface area (Å²) in [5, 5.41) is 19.3. The quantitative estimate of drug-likeness (QED) is 0.837. The minimum Gasteiger partial charge on any atom is -0.390 e. The molecular formula is C10H10BrF3O2. The molecule has 1 rings (SSSR count). The van der Waals surface area contributed by atoms with Crippen molar-refractivity contribution in [3.8, 4) is 0 Å². The predicted octanol–water partition coefficient (Wildman–Crippen LogP) is 2.28. The number of aliphatic hydroxyl groups is 2. The molecule has 0 aliphatic rings. The maximum absolute atomic E-state index is 13.2. The monoisotopic (exact) mass is 298 g/mol. The van der Waals surface area contributed by atoms with Gasteiger partial charge in [-0.3, -0.25) is 0 Å². The molecule has 2 unspecified atom stereocenters. The highest BCUT2D eigenvalue weighted by Crippen LogP contribution is 2.25. The molecular weight excluding hydrogens is 289 g/mol. The topological polar surface area (TPSA) is 40.5 Å². The number of hydrogen-bond acceptors (Lipinski definition) is 2. The van der Waals surface area contributed by atoms with Crippen LogP contribution in [0.5, 0.6) is 0 Å². The molecule has 6 heteroatoms. The molecule has 0 aromatic heterocycles. The molecule has 2 nitrogen and oxygen atoms in total. The average molecular weight is 299 g/mol. The lowest BCUT2D eigenvalue weighted by molar-refractivity contribution is 0.0130. The second-order valence-electron chi connectivity index (χ2n) is 3.27. The Balaban J connectivity index is 3.03. The minimum atomic E-state index is -1.71. The van der Waals surface area contributed by atoms with Crippen molar-refractivity contribution in [2.24, 2.45) is 0 Å². The Labute approximate surface area is 98.8 Å². The number of aliphatic hydroxyl groups excluding tert-OH is 2. The molecule has 1 aromatic carbocycles. The molecule has 0 spiro atoms. The van der Waals surface area contributed by atoms with Gasteiger partial charge in [0.25, 0.3) is 0 Å². The average Bonchev–Trinajstić information content (AvgIpc) is 2.16. The van der Waals surface area contributed by atoms with Crippen LogP contribution in [0.1, 0.15) is 18.1 Å². The largest absolute Gasteiger partial charge is 0.390 e. The van der Waals surface area contributed by atoms with Gasteiger partial charge >= 0.3 is 0 Å². The van der Waals surface area contributed by atoms with Crippen LogP contribution in [0.4, 0.5) is 13.2 Å². The Hall–Kier alpha value is -0.590. The zero-order valence-electron chi connectivity index (χ0n) is 8.13. The number of alkyl halides is 1. The van der Waals surface area contributed by atoms with E-state index in [1.54, 1.807) is 0 Å². The lowest BCUT2D eigenvalue weighted by Gasteiger charge is -2.18. The summed E-state index contributed by atoms with van der Waals surface area (Å²) in [4.78, 5) is 0. The van der Waals surface area contributed by atoms with Gasteiger partial charge in [0, 0.05) is 17.5 Å². The number of halogens is 4. The Morgan fingerprint density at radius 2 is 1.62 bits per heavy atom.